The summed E-state index contributed by atoms with van der Waals surface area (Å²) in [6.45, 7) is -0.0519. The monoisotopic (exact) mass is 393 g/mol. The zero-order valence-corrected chi connectivity index (χ0v) is 15.2. The maximum atomic E-state index is 12.2. The lowest BCUT2D eigenvalue weighted by atomic mass is 10.1. The van der Waals surface area contributed by atoms with E-state index in [9.17, 15) is 9.59 Å². The Morgan fingerprint density at radius 1 is 1.30 bits per heavy atom. The highest BCUT2D eigenvalue weighted by atomic mass is 79.9. The Bertz CT molecular complexity index is 737. The fourth-order valence-corrected chi connectivity index (χ4v) is 3.02. The molecule has 23 heavy (non-hydrogen) atoms. The molecular weight excluding hydrogens is 378 g/mol. The highest BCUT2D eigenvalue weighted by Gasteiger charge is 2.07. The molecule has 0 fully saturated rings. The number of allylic oxidation sites excluding steroid dienone is 1. The van der Waals surface area contributed by atoms with Crippen LogP contribution in [0, 0.1) is 0 Å². The number of benzene rings is 1. The van der Waals surface area contributed by atoms with Crippen molar-refractivity contribution in [2.75, 3.05) is 20.7 Å². The Morgan fingerprint density at radius 3 is 2.74 bits per heavy atom. The number of ketones is 1. The van der Waals surface area contributed by atoms with E-state index >= 15 is 0 Å². The smallest absolute Gasteiger partial charge is 0.259 e. The van der Waals surface area contributed by atoms with Gasteiger partial charge in [0.2, 0.25) is 0 Å². The van der Waals surface area contributed by atoms with Gasteiger partial charge in [-0.05, 0) is 46.3 Å². The molecule has 1 aromatic carbocycles. The van der Waals surface area contributed by atoms with Crippen molar-refractivity contribution in [3.05, 3.63) is 56.7 Å². The summed E-state index contributed by atoms with van der Waals surface area (Å²) in [5, 5.41) is 1.96. The molecule has 120 valence electrons. The second-order valence-corrected chi connectivity index (χ2v) is 6.83. The van der Waals surface area contributed by atoms with Gasteiger partial charge in [-0.1, -0.05) is 12.1 Å². The van der Waals surface area contributed by atoms with Gasteiger partial charge in [-0.15, -0.1) is 11.3 Å². The Hall–Kier alpha value is -1.92. The van der Waals surface area contributed by atoms with Gasteiger partial charge in [-0.3, -0.25) is 9.59 Å². The summed E-state index contributed by atoms with van der Waals surface area (Å²) in [5.41, 5.74) is 0.520. The molecule has 2 aromatic rings. The number of rotatable bonds is 6. The van der Waals surface area contributed by atoms with Crippen molar-refractivity contribution in [1.82, 2.24) is 4.90 Å². The van der Waals surface area contributed by atoms with Crippen LogP contribution in [-0.2, 0) is 4.79 Å². The molecule has 0 aliphatic carbocycles. The van der Waals surface area contributed by atoms with Crippen LogP contribution < -0.4 is 4.74 Å². The first-order chi connectivity index (χ1) is 11.0. The summed E-state index contributed by atoms with van der Waals surface area (Å²) in [4.78, 5) is 26.2. The molecule has 4 nitrogen and oxygen atoms in total. The minimum absolute atomic E-state index is 0.0519. The molecule has 0 spiro atoms. The highest BCUT2D eigenvalue weighted by molar-refractivity contribution is 9.10. The summed E-state index contributed by atoms with van der Waals surface area (Å²) in [6, 6.07) is 8.76. The normalized spacial score (nSPS) is 10.7. The largest absolute Gasteiger partial charge is 0.484 e. The first-order valence-corrected chi connectivity index (χ1v) is 8.52. The van der Waals surface area contributed by atoms with Crippen LogP contribution in [0.25, 0.3) is 6.08 Å². The zero-order valence-electron chi connectivity index (χ0n) is 12.8. The third-order valence-electron chi connectivity index (χ3n) is 2.97. The van der Waals surface area contributed by atoms with Crippen LogP contribution in [0.2, 0.25) is 0 Å². The van der Waals surface area contributed by atoms with Crippen molar-refractivity contribution in [3.8, 4) is 5.75 Å². The predicted molar refractivity (Wildman–Crippen MR) is 96.0 cm³/mol. The van der Waals surface area contributed by atoms with E-state index in [4.69, 9.17) is 4.74 Å². The number of halogens is 1. The van der Waals surface area contributed by atoms with E-state index < -0.39 is 0 Å². The van der Waals surface area contributed by atoms with Crippen LogP contribution in [0.4, 0.5) is 0 Å². The van der Waals surface area contributed by atoms with Crippen molar-refractivity contribution in [2.45, 2.75) is 0 Å². The number of carbonyl (C=O) groups excluding carboxylic acids is 2. The first kappa shape index (κ1) is 17.4. The predicted octanol–water partition coefficient (Wildman–Crippen LogP) is 3.87. The third-order valence-corrected chi connectivity index (χ3v) is 4.63. The van der Waals surface area contributed by atoms with Crippen molar-refractivity contribution in [1.29, 1.82) is 0 Å². The summed E-state index contributed by atoms with van der Waals surface area (Å²) in [7, 11) is 3.33. The summed E-state index contributed by atoms with van der Waals surface area (Å²) >= 11 is 4.93. The fourth-order valence-electron chi connectivity index (χ4n) is 1.68. The van der Waals surface area contributed by atoms with E-state index in [0.717, 1.165) is 9.35 Å². The third kappa shape index (κ3) is 5.33. The maximum Gasteiger partial charge on any atom is 0.259 e. The molecule has 0 atom stereocenters. The van der Waals surface area contributed by atoms with Gasteiger partial charge in [0.1, 0.15) is 5.75 Å². The lowest BCUT2D eigenvalue weighted by Gasteiger charge is -2.11. The average Bonchev–Trinajstić information content (AvgIpc) is 2.96. The minimum atomic E-state index is -0.134. The number of likely N-dealkylation sites (N-methyl/N-ethyl adjacent to an activating group) is 1. The molecule has 6 heteroatoms. The number of hydrogen-bond acceptors (Lipinski definition) is 4. The van der Waals surface area contributed by atoms with Gasteiger partial charge in [0.25, 0.3) is 5.91 Å². The molecule has 1 heterocycles. The number of ether oxygens (including phenoxy) is 1. The van der Waals surface area contributed by atoms with Crippen LogP contribution in [0.15, 0.2) is 46.3 Å². The average molecular weight is 394 g/mol. The van der Waals surface area contributed by atoms with Gasteiger partial charge in [-0.2, -0.15) is 0 Å². The van der Waals surface area contributed by atoms with Crippen LogP contribution >= 0.6 is 27.3 Å². The molecule has 2 rings (SSSR count). The second kappa shape index (κ2) is 8.08. The Balaban J connectivity index is 2.02. The van der Waals surface area contributed by atoms with E-state index in [-0.39, 0.29) is 18.3 Å². The zero-order chi connectivity index (χ0) is 16.8. The molecule has 0 saturated carbocycles. The number of thiophene rings is 1. The van der Waals surface area contributed by atoms with Crippen molar-refractivity contribution < 1.29 is 14.3 Å². The van der Waals surface area contributed by atoms with Crippen LogP contribution in [0.5, 0.6) is 5.75 Å². The van der Waals surface area contributed by atoms with Gasteiger partial charge in [0, 0.05) is 34.4 Å². The molecule has 1 aromatic heterocycles. The number of nitrogens with zero attached hydrogens (tertiary/aromatic N) is 1. The fraction of sp³-hybridized carbons (Fsp3) is 0.176. The molecule has 0 aliphatic heterocycles. The van der Waals surface area contributed by atoms with Crippen molar-refractivity contribution in [3.63, 3.8) is 0 Å². The van der Waals surface area contributed by atoms with E-state index in [2.05, 4.69) is 15.9 Å². The van der Waals surface area contributed by atoms with E-state index in [1.165, 1.54) is 11.0 Å². The van der Waals surface area contributed by atoms with E-state index in [1.54, 1.807) is 55.8 Å². The second-order valence-electron chi connectivity index (χ2n) is 4.97. The summed E-state index contributed by atoms with van der Waals surface area (Å²) < 4.78 is 6.41. The van der Waals surface area contributed by atoms with Crippen LogP contribution in [-0.4, -0.2) is 37.3 Å². The van der Waals surface area contributed by atoms with Crippen LogP contribution in [0.3, 0.4) is 0 Å². The van der Waals surface area contributed by atoms with Crippen LogP contribution in [0.1, 0.15) is 15.2 Å². The molecule has 0 radical (unpaired) electrons. The van der Waals surface area contributed by atoms with Gasteiger partial charge < -0.3 is 9.64 Å². The Labute approximate surface area is 147 Å². The number of carbonyl (C=O) groups is 2. The Morgan fingerprint density at radius 2 is 2.09 bits per heavy atom. The van der Waals surface area contributed by atoms with E-state index in [1.807, 2.05) is 11.4 Å². The van der Waals surface area contributed by atoms with Gasteiger partial charge in [-0.25, -0.2) is 0 Å². The lowest BCUT2D eigenvalue weighted by Crippen LogP contribution is -2.27. The maximum absolute atomic E-state index is 12.2. The standard InChI is InChI=1S/C17H16BrNO3S/c1-19(2)17(21)10-22-14-5-3-4-12(8-14)16(20)7-6-15-9-13(18)11-23-15/h3-9,11H,10H2,1-2H3. The minimum Gasteiger partial charge on any atom is -0.484 e. The van der Waals surface area contributed by atoms with Gasteiger partial charge in [0.05, 0.1) is 0 Å². The van der Waals surface area contributed by atoms with Gasteiger partial charge in [0.15, 0.2) is 12.4 Å². The molecule has 0 N–H and O–H groups in total. The number of hydrogen-bond donors (Lipinski definition) is 0. The molecule has 0 bridgehead atoms. The molecule has 0 saturated heterocycles. The van der Waals surface area contributed by atoms with Gasteiger partial charge >= 0.3 is 0 Å². The van der Waals surface area contributed by atoms with Crippen molar-refractivity contribution >= 4 is 45.0 Å². The highest BCUT2D eigenvalue weighted by Crippen LogP contribution is 2.21. The van der Waals surface area contributed by atoms with E-state index in [0.29, 0.717) is 11.3 Å². The Kier molecular flexibility index (Phi) is 6.12. The topological polar surface area (TPSA) is 46.6 Å². The molecule has 0 unspecified atom stereocenters. The number of amides is 1. The molecule has 0 aliphatic rings. The van der Waals surface area contributed by atoms with Crippen molar-refractivity contribution in [2.24, 2.45) is 0 Å². The summed E-state index contributed by atoms with van der Waals surface area (Å²) in [6.07, 6.45) is 3.31. The summed E-state index contributed by atoms with van der Waals surface area (Å²) in [5.74, 6) is 0.252. The molecule has 1 amide bonds. The quantitative estimate of drug-likeness (QED) is 0.552. The lowest BCUT2D eigenvalue weighted by molar-refractivity contribution is -0.130. The molecular formula is C17H16BrNO3S. The SMILES string of the molecule is CN(C)C(=O)COc1cccc(C(=O)C=Cc2cc(Br)cs2)c1. The first-order valence-electron chi connectivity index (χ1n) is 6.85.